The van der Waals surface area contributed by atoms with Gasteiger partial charge in [0, 0.05) is 5.38 Å². The molecule has 0 heterocycles. The second-order valence-corrected chi connectivity index (χ2v) is 2.66. The zero-order valence-electron chi connectivity index (χ0n) is 4.43. The minimum atomic E-state index is -0.253. The van der Waals surface area contributed by atoms with E-state index in [1.165, 1.54) is 0 Å². The molecule has 1 aliphatic carbocycles. The lowest BCUT2D eigenvalue weighted by Crippen LogP contribution is -2.37. The van der Waals surface area contributed by atoms with Crippen molar-refractivity contribution in [1.29, 1.82) is 0 Å². The molecule has 1 rings (SSSR count). The summed E-state index contributed by atoms with van der Waals surface area (Å²) in [5.41, 5.74) is 4.96. The monoisotopic (exact) mass is 133 g/mol. The van der Waals surface area contributed by atoms with Gasteiger partial charge in [-0.2, -0.15) is 0 Å². The number of hydrogen-bond donors (Lipinski definition) is 1. The third-order valence-corrected chi connectivity index (χ3v) is 2.08. The summed E-state index contributed by atoms with van der Waals surface area (Å²) >= 11 is 5.61. The van der Waals surface area contributed by atoms with E-state index in [1.54, 1.807) is 0 Å². The minimum Gasteiger partial charge on any atom is -0.369 e. The Hall–Kier alpha value is -0.240. The molecule has 8 heavy (non-hydrogen) atoms. The lowest BCUT2D eigenvalue weighted by molar-refractivity contribution is -0.123. The number of amides is 1. The molecule has 3 heteroatoms. The van der Waals surface area contributed by atoms with E-state index in [-0.39, 0.29) is 17.2 Å². The van der Waals surface area contributed by atoms with Gasteiger partial charge >= 0.3 is 0 Å². The lowest BCUT2D eigenvalue weighted by atomic mass is 9.84. The van der Waals surface area contributed by atoms with Crippen molar-refractivity contribution in [3.05, 3.63) is 0 Å². The van der Waals surface area contributed by atoms with Crippen LogP contribution in [0.4, 0.5) is 0 Å². The van der Waals surface area contributed by atoms with Crippen LogP contribution < -0.4 is 5.73 Å². The molecule has 1 fully saturated rings. The highest BCUT2D eigenvalue weighted by Gasteiger charge is 2.33. The number of nitrogens with two attached hydrogens (primary N) is 1. The van der Waals surface area contributed by atoms with E-state index < -0.39 is 0 Å². The van der Waals surface area contributed by atoms with Crippen LogP contribution in [-0.4, -0.2) is 11.3 Å². The van der Waals surface area contributed by atoms with E-state index in [2.05, 4.69) is 0 Å². The second-order valence-electron chi connectivity index (χ2n) is 2.10. The summed E-state index contributed by atoms with van der Waals surface area (Å²) in [7, 11) is 0. The maximum atomic E-state index is 10.3. The molecule has 2 unspecified atom stereocenters. The van der Waals surface area contributed by atoms with Gasteiger partial charge in [-0.1, -0.05) is 0 Å². The highest BCUT2D eigenvalue weighted by Crippen LogP contribution is 2.31. The summed E-state index contributed by atoms with van der Waals surface area (Å²) in [5, 5.41) is 0.0208. The minimum absolute atomic E-state index is 0.0208. The molecule has 0 aromatic carbocycles. The molecular weight excluding hydrogens is 126 g/mol. The number of hydrogen-bond acceptors (Lipinski definition) is 1. The molecule has 0 spiro atoms. The van der Waals surface area contributed by atoms with Crippen molar-refractivity contribution < 1.29 is 4.79 Å². The standard InChI is InChI=1S/C5H8ClNO/c6-4-2-1-3(4)5(7)8/h3-4H,1-2H2,(H2,7,8). The van der Waals surface area contributed by atoms with Gasteiger partial charge in [-0.25, -0.2) is 0 Å². The lowest BCUT2D eigenvalue weighted by Gasteiger charge is -2.28. The first-order chi connectivity index (χ1) is 3.72. The molecule has 2 N–H and O–H groups in total. The maximum absolute atomic E-state index is 10.3. The molecule has 1 amide bonds. The second kappa shape index (κ2) is 1.94. The number of carbonyl (C=O) groups is 1. The predicted molar refractivity (Wildman–Crippen MR) is 31.6 cm³/mol. The maximum Gasteiger partial charge on any atom is 0.222 e. The van der Waals surface area contributed by atoms with Gasteiger partial charge in [0.25, 0.3) is 0 Å². The first-order valence-corrected chi connectivity index (χ1v) is 3.09. The number of halogens is 1. The van der Waals surface area contributed by atoms with Gasteiger partial charge in [0.05, 0.1) is 5.92 Å². The van der Waals surface area contributed by atoms with Crippen LogP contribution in [0.5, 0.6) is 0 Å². The van der Waals surface area contributed by atoms with Crippen molar-refractivity contribution in [2.45, 2.75) is 18.2 Å². The van der Waals surface area contributed by atoms with E-state index in [0.29, 0.717) is 0 Å². The van der Waals surface area contributed by atoms with E-state index in [1.807, 2.05) is 0 Å². The first kappa shape index (κ1) is 5.89. The fourth-order valence-electron chi connectivity index (χ4n) is 0.780. The van der Waals surface area contributed by atoms with Gasteiger partial charge in [-0.05, 0) is 12.8 Å². The highest BCUT2D eigenvalue weighted by molar-refractivity contribution is 6.22. The van der Waals surface area contributed by atoms with Crippen molar-refractivity contribution in [3.63, 3.8) is 0 Å². The molecule has 1 saturated carbocycles. The SMILES string of the molecule is NC(=O)C1CCC1Cl. The Morgan fingerprint density at radius 2 is 2.25 bits per heavy atom. The Kier molecular flexibility index (Phi) is 1.43. The third kappa shape index (κ3) is 0.802. The third-order valence-electron chi connectivity index (χ3n) is 1.56. The van der Waals surface area contributed by atoms with E-state index >= 15 is 0 Å². The first-order valence-electron chi connectivity index (χ1n) is 2.65. The molecule has 0 aromatic rings. The smallest absolute Gasteiger partial charge is 0.222 e. The van der Waals surface area contributed by atoms with Crippen LogP contribution in [-0.2, 0) is 4.79 Å². The van der Waals surface area contributed by atoms with Crippen molar-refractivity contribution in [3.8, 4) is 0 Å². The molecule has 0 aromatic heterocycles. The quantitative estimate of drug-likeness (QED) is 0.520. The molecule has 2 nitrogen and oxygen atoms in total. The summed E-state index contributed by atoms with van der Waals surface area (Å²) in [6.45, 7) is 0. The van der Waals surface area contributed by atoms with Gasteiger partial charge in [-0.15, -0.1) is 11.6 Å². The van der Waals surface area contributed by atoms with E-state index in [4.69, 9.17) is 17.3 Å². The van der Waals surface area contributed by atoms with Crippen molar-refractivity contribution >= 4 is 17.5 Å². The zero-order valence-corrected chi connectivity index (χ0v) is 5.19. The van der Waals surface area contributed by atoms with Crippen molar-refractivity contribution in [2.75, 3.05) is 0 Å². The van der Waals surface area contributed by atoms with Crippen LogP contribution >= 0.6 is 11.6 Å². The van der Waals surface area contributed by atoms with Gasteiger partial charge < -0.3 is 5.73 Å². The zero-order chi connectivity index (χ0) is 6.15. The molecule has 0 bridgehead atoms. The van der Waals surface area contributed by atoms with E-state index in [9.17, 15) is 4.79 Å². The predicted octanol–water partition coefficient (Wildman–Crippen LogP) is 0.489. The van der Waals surface area contributed by atoms with Gasteiger partial charge in [-0.3, -0.25) is 4.79 Å². The Morgan fingerprint density at radius 3 is 2.25 bits per heavy atom. The number of carbonyl (C=O) groups excluding carboxylic acids is 1. The number of primary amides is 1. The van der Waals surface area contributed by atoms with Crippen molar-refractivity contribution in [1.82, 2.24) is 0 Å². The molecule has 1 aliphatic rings. The summed E-state index contributed by atoms with van der Waals surface area (Å²) < 4.78 is 0. The van der Waals surface area contributed by atoms with Crippen LogP contribution in [0.3, 0.4) is 0 Å². The summed E-state index contributed by atoms with van der Waals surface area (Å²) in [5.74, 6) is -0.298. The normalized spacial score (nSPS) is 36.1. The van der Waals surface area contributed by atoms with Gasteiger partial charge in [0.2, 0.25) is 5.91 Å². The average molecular weight is 134 g/mol. The number of alkyl halides is 1. The fourth-order valence-corrected chi connectivity index (χ4v) is 1.16. The largest absolute Gasteiger partial charge is 0.369 e. The average Bonchev–Trinajstić information content (AvgIpc) is 1.61. The molecule has 0 saturated heterocycles. The molecule has 0 aliphatic heterocycles. The van der Waals surface area contributed by atoms with Crippen LogP contribution in [0.2, 0.25) is 0 Å². The summed E-state index contributed by atoms with van der Waals surface area (Å²) in [4.78, 5) is 10.3. The highest BCUT2D eigenvalue weighted by atomic mass is 35.5. The van der Waals surface area contributed by atoms with Crippen LogP contribution in [0.25, 0.3) is 0 Å². The van der Waals surface area contributed by atoms with Crippen LogP contribution in [0.15, 0.2) is 0 Å². The number of rotatable bonds is 1. The van der Waals surface area contributed by atoms with Crippen molar-refractivity contribution in [2.24, 2.45) is 11.7 Å². The molecule has 46 valence electrons. The van der Waals surface area contributed by atoms with E-state index in [0.717, 1.165) is 12.8 Å². The Morgan fingerprint density at radius 1 is 1.62 bits per heavy atom. The fraction of sp³-hybridized carbons (Fsp3) is 0.800. The summed E-state index contributed by atoms with van der Waals surface area (Å²) in [6, 6.07) is 0. The van der Waals surface area contributed by atoms with Crippen LogP contribution in [0.1, 0.15) is 12.8 Å². The van der Waals surface area contributed by atoms with Gasteiger partial charge in [0.15, 0.2) is 0 Å². The topological polar surface area (TPSA) is 43.1 Å². The molecular formula is C5H8ClNO. The van der Waals surface area contributed by atoms with Crippen LogP contribution in [0, 0.1) is 5.92 Å². The molecule has 2 atom stereocenters. The Bertz CT molecular complexity index is 115. The molecule has 0 radical (unpaired) electrons. The Balaban J connectivity index is 2.37. The Labute approximate surface area is 53.0 Å². The summed E-state index contributed by atoms with van der Waals surface area (Å²) in [6.07, 6.45) is 1.82. The van der Waals surface area contributed by atoms with Gasteiger partial charge in [0.1, 0.15) is 0 Å².